The van der Waals surface area contributed by atoms with Crippen LogP contribution in [0.5, 0.6) is 0 Å². The van der Waals surface area contributed by atoms with Crippen LogP contribution in [0.4, 0.5) is 0 Å². The lowest BCUT2D eigenvalue weighted by Gasteiger charge is -2.29. The molecular formula is C22H42N2. The number of hydrogen-bond donors (Lipinski definition) is 1. The molecule has 1 N–H and O–H groups in total. The maximum Gasteiger partial charge on any atom is 0.0345 e. The van der Waals surface area contributed by atoms with Gasteiger partial charge in [0.15, 0.2) is 0 Å². The lowest BCUT2D eigenvalue weighted by molar-refractivity contribution is 0.364. The smallest absolute Gasteiger partial charge is 0.0345 e. The zero-order valence-electron chi connectivity index (χ0n) is 17.8. The van der Waals surface area contributed by atoms with Crippen LogP contribution in [-0.2, 0) is 0 Å². The van der Waals surface area contributed by atoms with Crippen LogP contribution in [0.1, 0.15) is 68.2 Å². The van der Waals surface area contributed by atoms with Crippen LogP contribution < -0.4 is 5.32 Å². The zero-order chi connectivity index (χ0) is 19.1. The summed E-state index contributed by atoms with van der Waals surface area (Å²) in [5.41, 5.74) is 4.20. The summed E-state index contributed by atoms with van der Waals surface area (Å²) in [6.45, 7) is 28.2. The lowest BCUT2D eigenvalue weighted by Crippen LogP contribution is -2.32. The molecule has 0 aromatic carbocycles. The lowest BCUT2D eigenvalue weighted by atomic mass is 9.86. The second-order valence-corrected chi connectivity index (χ2v) is 9.33. The van der Waals surface area contributed by atoms with Gasteiger partial charge in [-0.1, -0.05) is 73.3 Å². The van der Waals surface area contributed by atoms with Crippen molar-refractivity contribution in [2.75, 3.05) is 20.1 Å². The van der Waals surface area contributed by atoms with E-state index in [-0.39, 0.29) is 5.41 Å². The molecule has 0 aliphatic rings. The van der Waals surface area contributed by atoms with Crippen LogP contribution in [0.3, 0.4) is 0 Å². The highest BCUT2D eigenvalue weighted by atomic mass is 15.1. The Morgan fingerprint density at radius 1 is 1.12 bits per heavy atom. The minimum Gasteiger partial charge on any atom is -0.387 e. The Balaban J connectivity index is 4.62. The molecule has 0 bridgehead atoms. The van der Waals surface area contributed by atoms with E-state index in [0.717, 1.165) is 31.6 Å². The van der Waals surface area contributed by atoms with Crippen LogP contribution in [0, 0.1) is 16.7 Å². The largest absolute Gasteiger partial charge is 0.387 e. The summed E-state index contributed by atoms with van der Waals surface area (Å²) in [5, 5.41) is 3.44. The molecule has 0 aliphatic heterocycles. The predicted molar refractivity (Wildman–Crippen MR) is 110 cm³/mol. The molecule has 24 heavy (non-hydrogen) atoms. The van der Waals surface area contributed by atoms with Gasteiger partial charge in [-0.25, -0.2) is 0 Å². The van der Waals surface area contributed by atoms with Crippen LogP contribution >= 0.6 is 0 Å². The molecule has 0 heterocycles. The molecule has 0 fully saturated rings. The third kappa shape index (κ3) is 9.20. The van der Waals surface area contributed by atoms with Gasteiger partial charge in [0, 0.05) is 42.9 Å². The molecule has 0 saturated carbocycles. The summed E-state index contributed by atoms with van der Waals surface area (Å²) < 4.78 is 0. The van der Waals surface area contributed by atoms with Gasteiger partial charge in [-0.2, -0.15) is 0 Å². The summed E-state index contributed by atoms with van der Waals surface area (Å²) in [6, 6.07) is 0. The van der Waals surface area contributed by atoms with Crippen LogP contribution in [0.2, 0.25) is 0 Å². The standard InChI is InChI=1S/C22H42N2/c1-12-20(15-17(2)16-21(5,6)7)18(3)24(11)14-13-23-19(4)22(8,9)10/h15,20,23H,3-4,12-14,16H2,1-2,5-11H3/b17-15+. The monoisotopic (exact) mass is 334 g/mol. The normalized spacial score (nSPS) is 14.3. The summed E-state index contributed by atoms with van der Waals surface area (Å²) in [6.07, 6.45) is 4.63. The Labute approximate surface area is 152 Å². The summed E-state index contributed by atoms with van der Waals surface area (Å²) in [7, 11) is 2.14. The van der Waals surface area contributed by atoms with Crippen molar-refractivity contribution in [2.24, 2.45) is 16.7 Å². The topological polar surface area (TPSA) is 15.3 Å². The van der Waals surface area contributed by atoms with E-state index in [1.807, 2.05) is 0 Å². The van der Waals surface area contributed by atoms with Gasteiger partial charge in [-0.15, -0.1) is 0 Å². The Bertz CT molecular complexity index is 444. The summed E-state index contributed by atoms with van der Waals surface area (Å²) in [5.74, 6) is 0.420. The maximum absolute atomic E-state index is 4.35. The summed E-state index contributed by atoms with van der Waals surface area (Å²) >= 11 is 0. The van der Waals surface area contributed by atoms with Crippen LogP contribution in [-0.4, -0.2) is 25.0 Å². The molecule has 0 amide bonds. The van der Waals surface area contributed by atoms with E-state index in [4.69, 9.17) is 0 Å². The molecule has 2 nitrogen and oxygen atoms in total. The number of allylic oxidation sites excluding steroid dienone is 3. The molecule has 0 radical (unpaired) electrons. The second kappa shape index (κ2) is 9.34. The Morgan fingerprint density at radius 2 is 1.67 bits per heavy atom. The molecule has 0 aromatic rings. The maximum atomic E-state index is 4.35. The number of nitrogens with zero attached hydrogens (tertiary/aromatic N) is 1. The van der Waals surface area contributed by atoms with Crippen molar-refractivity contribution in [3.8, 4) is 0 Å². The van der Waals surface area contributed by atoms with Crippen molar-refractivity contribution in [3.63, 3.8) is 0 Å². The quantitative estimate of drug-likeness (QED) is 0.521. The van der Waals surface area contributed by atoms with Gasteiger partial charge >= 0.3 is 0 Å². The van der Waals surface area contributed by atoms with Crippen LogP contribution in [0.25, 0.3) is 0 Å². The van der Waals surface area contributed by atoms with Crippen molar-refractivity contribution in [2.45, 2.75) is 68.2 Å². The number of nitrogens with one attached hydrogen (secondary N) is 1. The molecule has 0 spiro atoms. The fraction of sp³-hybridized carbons (Fsp3) is 0.727. The van der Waals surface area contributed by atoms with Gasteiger partial charge in [0.1, 0.15) is 0 Å². The number of likely N-dealkylation sites (N-methyl/N-ethyl adjacent to an activating group) is 1. The van der Waals surface area contributed by atoms with Crippen molar-refractivity contribution in [1.82, 2.24) is 10.2 Å². The fourth-order valence-corrected chi connectivity index (χ4v) is 2.75. The first-order valence-corrected chi connectivity index (χ1v) is 9.28. The van der Waals surface area contributed by atoms with E-state index < -0.39 is 0 Å². The predicted octanol–water partition coefficient (Wildman–Crippen LogP) is 5.99. The van der Waals surface area contributed by atoms with E-state index in [1.54, 1.807) is 0 Å². The highest BCUT2D eigenvalue weighted by Crippen LogP contribution is 2.27. The van der Waals surface area contributed by atoms with Gasteiger partial charge in [0.25, 0.3) is 0 Å². The van der Waals surface area contributed by atoms with E-state index >= 15 is 0 Å². The van der Waals surface area contributed by atoms with Gasteiger partial charge in [0.2, 0.25) is 0 Å². The first-order chi connectivity index (χ1) is 10.8. The van der Waals surface area contributed by atoms with Crippen LogP contribution in [0.15, 0.2) is 36.2 Å². The van der Waals surface area contributed by atoms with Gasteiger partial charge in [0.05, 0.1) is 0 Å². The molecule has 0 aliphatic carbocycles. The van der Waals surface area contributed by atoms with E-state index in [1.165, 1.54) is 11.3 Å². The molecule has 2 heteroatoms. The first kappa shape index (κ1) is 22.8. The van der Waals surface area contributed by atoms with Crippen molar-refractivity contribution >= 4 is 0 Å². The Hall–Kier alpha value is -1.18. The SMILES string of the molecule is C=C(C(/C=C(\C)CC(C)(C)C)CC)N(C)CCNC(=C)C(C)(C)C. The molecule has 0 rings (SSSR count). The first-order valence-electron chi connectivity index (χ1n) is 9.28. The Kier molecular flexibility index (Phi) is 8.88. The number of hydrogen-bond acceptors (Lipinski definition) is 2. The molecular weight excluding hydrogens is 292 g/mol. The molecule has 0 saturated heterocycles. The summed E-state index contributed by atoms with van der Waals surface area (Å²) in [4.78, 5) is 2.28. The molecule has 1 unspecified atom stereocenters. The van der Waals surface area contributed by atoms with Crippen molar-refractivity contribution in [3.05, 3.63) is 36.2 Å². The minimum absolute atomic E-state index is 0.105. The average molecular weight is 335 g/mol. The molecule has 140 valence electrons. The highest BCUT2D eigenvalue weighted by Gasteiger charge is 2.17. The molecule has 1 atom stereocenters. The third-order valence-electron chi connectivity index (χ3n) is 4.34. The minimum atomic E-state index is 0.105. The zero-order valence-corrected chi connectivity index (χ0v) is 17.8. The van der Waals surface area contributed by atoms with Gasteiger partial charge < -0.3 is 10.2 Å². The average Bonchev–Trinajstić information content (AvgIpc) is 2.40. The van der Waals surface area contributed by atoms with E-state index in [2.05, 4.69) is 91.9 Å². The van der Waals surface area contributed by atoms with Gasteiger partial charge in [-0.05, 0) is 25.2 Å². The fourth-order valence-electron chi connectivity index (χ4n) is 2.75. The van der Waals surface area contributed by atoms with E-state index in [0.29, 0.717) is 11.3 Å². The molecule has 0 aromatic heterocycles. The van der Waals surface area contributed by atoms with Crippen molar-refractivity contribution < 1.29 is 0 Å². The highest BCUT2D eigenvalue weighted by molar-refractivity contribution is 5.13. The van der Waals surface area contributed by atoms with E-state index in [9.17, 15) is 0 Å². The Morgan fingerprint density at radius 3 is 2.08 bits per heavy atom. The second-order valence-electron chi connectivity index (χ2n) is 9.33. The third-order valence-corrected chi connectivity index (χ3v) is 4.34. The van der Waals surface area contributed by atoms with Gasteiger partial charge in [-0.3, -0.25) is 0 Å². The van der Waals surface area contributed by atoms with Crippen molar-refractivity contribution in [1.29, 1.82) is 0 Å². The number of rotatable bonds is 9.